The molecule has 0 amide bonds. The van der Waals surface area contributed by atoms with E-state index in [1.165, 1.54) is 0 Å². The molecule has 0 unspecified atom stereocenters. The zero-order valence-electron chi connectivity index (χ0n) is 14.2. The molecule has 2 aromatic carbocycles. The van der Waals surface area contributed by atoms with Crippen LogP contribution in [0.25, 0.3) is 5.69 Å². The van der Waals surface area contributed by atoms with E-state index in [4.69, 9.17) is 9.47 Å². The lowest BCUT2D eigenvalue weighted by molar-refractivity contribution is 0.171. The highest BCUT2D eigenvalue weighted by molar-refractivity contribution is 9.10. The lowest BCUT2D eigenvalue weighted by Crippen LogP contribution is -2.20. The van der Waals surface area contributed by atoms with Gasteiger partial charge in [0, 0.05) is 18.8 Å². The first-order valence-corrected chi connectivity index (χ1v) is 9.10. The van der Waals surface area contributed by atoms with E-state index in [9.17, 15) is 4.79 Å². The van der Waals surface area contributed by atoms with E-state index < -0.39 is 0 Å². The number of nitrogens with zero attached hydrogens (tertiary/aromatic N) is 2. The Bertz CT molecular complexity index is 995. The van der Waals surface area contributed by atoms with Crippen LogP contribution >= 0.6 is 15.9 Å². The molecule has 0 bridgehead atoms. The fourth-order valence-electron chi connectivity index (χ4n) is 3.01. The number of aromatic nitrogens is 2. The molecule has 1 N–H and O–H groups in total. The first-order chi connectivity index (χ1) is 12.6. The van der Waals surface area contributed by atoms with E-state index in [1.54, 1.807) is 4.68 Å². The standard InChI is InChI=1S/C19H18BrN3O3/c1-22-15(18(20)19(24)23(22)14-5-3-2-4-6-14)12-21-13-7-8-16-17(11-13)26-10-9-25-16/h2-8,11,21H,9-10,12H2,1H3. The van der Waals surface area contributed by atoms with Gasteiger partial charge in [-0.15, -0.1) is 0 Å². The lowest BCUT2D eigenvalue weighted by atomic mass is 10.2. The van der Waals surface area contributed by atoms with Crippen molar-refractivity contribution in [1.29, 1.82) is 0 Å². The normalized spacial score (nSPS) is 12.8. The minimum absolute atomic E-state index is 0.0855. The highest BCUT2D eigenvalue weighted by atomic mass is 79.9. The Morgan fingerprint density at radius 3 is 2.58 bits per heavy atom. The molecule has 1 aliphatic heterocycles. The van der Waals surface area contributed by atoms with Gasteiger partial charge in [-0.3, -0.25) is 9.48 Å². The van der Waals surface area contributed by atoms with E-state index >= 15 is 0 Å². The molecular formula is C19H18BrN3O3. The van der Waals surface area contributed by atoms with Crippen LogP contribution in [0.2, 0.25) is 0 Å². The number of halogens is 1. The molecule has 0 saturated heterocycles. The number of para-hydroxylation sites is 1. The highest BCUT2D eigenvalue weighted by Gasteiger charge is 2.17. The summed E-state index contributed by atoms with van der Waals surface area (Å²) < 4.78 is 15.2. The molecule has 0 spiro atoms. The molecule has 134 valence electrons. The maximum atomic E-state index is 12.6. The average Bonchev–Trinajstić information content (AvgIpc) is 2.89. The summed E-state index contributed by atoms with van der Waals surface area (Å²) in [5.41, 5.74) is 2.50. The van der Waals surface area contributed by atoms with Gasteiger partial charge >= 0.3 is 0 Å². The van der Waals surface area contributed by atoms with Crippen molar-refractivity contribution in [2.75, 3.05) is 18.5 Å². The van der Waals surface area contributed by atoms with Gasteiger partial charge in [0.1, 0.15) is 17.7 Å². The van der Waals surface area contributed by atoms with Crippen LogP contribution in [0.3, 0.4) is 0 Å². The molecule has 0 fully saturated rings. The monoisotopic (exact) mass is 415 g/mol. The van der Waals surface area contributed by atoms with E-state index in [1.807, 2.05) is 60.3 Å². The Morgan fingerprint density at radius 2 is 1.81 bits per heavy atom. The summed E-state index contributed by atoms with van der Waals surface area (Å²) in [5, 5.41) is 3.35. The number of ether oxygens (including phenoxy) is 2. The molecule has 26 heavy (non-hydrogen) atoms. The van der Waals surface area contributed by atoms with Crippen LogP contribution in [-0.2, 0) is 13.6 Å². The maximum Gasteiger partial charge on any atom is 0.286 e. The van der Waals surface area contributed by atoms with E-state index in [-0.39, 0.29) is 5.56 Å². The summed E-state index contributed by atoms with van der Waals surface area (Å²) >= 11 is 3.44. The van der Waals surface area contributed by atoms with Crippen molar-refractivity contribution in [2.24, 2.45) is 7.05 Å². The fraction of sp³-hybridized carbons (Fsp3) is 0.211. The molecule has 7 heteroatoms. The van der Waals surface area contributed by atoms with Crippen LogP contribution in [0.1, 0.15) is 5.69 Å². The van der Waals surface area contributed by atoms with Crippen molar-refractivity contribution in [1.82, 2.24) is 9.36 Å². The quantitative estimate of drug-likeness (QED) is 0.709. The zero-order chi connectivity index (χ0) is 18.1. The number of rotatable bonds is 4. The molecule has 0 aliphatic carbocycles. The molecule has 0 saturated carbocycles. The molecule has 3 aromatic rings. The van der Waals surface area contributed by atoms with Gasteiger partial charge in [-0.1, -0.05) is 18.2 Å². The van der Waals surface area contributed by atoms with E-state index in [2.05, 4.69) is 21.2 Å². The predicted molar refractivity (Wildman–Crippen MR) is 103 cm³/mol. The van der Waals surface area contributed by atoms with Crippen LogP contribution in [0.5, 0.6) is 11.5 Å². The van der Waals surface area contributed by atoms with Gasteiger partial charge in [-0.2, -0.15) is 0 Å². The summed E-state index contributed by atoms with van der Waals surface area (Å²) in [6, 6.07) is 15.3. The van der Waals surface area contributed by atoms with Crippen LogP contribution in [0.4, 0.5) is 5.69 Å². The molecule has 4 rings (SSSR count). The number of hydrogen-bond acceptors (Lipinski definition) is 4. The zero-order valence-corrected chi connectivity index (χ0v) is 15.8. The number of hydrogen-bond donors (Lipinski definition) is 1. The van der Waals surface area contributed by atoms with Gasteiger partial charge in [-0.05, 0) is 40.2 Å². The van der Waals surface area contributed by atoms with Gasteiger partial charge in [0.25, 0.3) is 5.56 Å². The molecular weight excluding hydrogens is 398 g/mol. The smallest absolute Gasteiger partial charge is 0.286 e. The van der Waals surface area contributed by atoms with E-state index in [0.717, 1.165) is 28.6 Å². The number of benzene rings is 2. The first-order valence-electron chi connectivity index (χ1n) is 8.30. The maximum absolute atomic E-state index is 12.6. The second kappa shape index (κ2) is 6.92. The third-order valence-corrected chi connectivity index (χ3v) is 5.12. The minimum Gasteiger partial charge on any atom is -0.486 e. The summed E-state index contributed by atoms with van der Waals surface area (Å²) in [4.78, 5) is 12.6. The van der Waals surface area contributed by atoms with Crippen molar-refractivity contribution in [2.45, 2.75) is 6.54 Å². The molecule has 1 aromatic heterocycles. The molecule has 0 atom stereocenters. The Balaban J connectivity index is 1.60. The Hall–Kier alpha value is -2.67. The van der Waals surface area contributed by atoms with Crippen molar-refractivity contribution in [3.05, 3.63) is 69.1 Å². The van der Waals surface area contributed by atoms with Crippen LogP contribution in [-0.4, -0.2) is 22.6 Å². The van der Waals surface area contributed by atoms with Crippen molar-refractivity contribution in [3.8, 4) is 17.2 Å². The molecule has 1 aliphatic rings. The number of anilines is 1. The van der Waals surface area contributed by atoms with Crippen molar-refractivity contribution < 1.29 is 9.47 Å². The van der Waals surface area contributed by atoms with E-state index in [0.29, 0.717) is 24.2 Å². The van der Waals surface area contributed by atoms with Gasteiger partial charge in [0.2, 0.25) is 0 Å². The highest BCUT2D eigenvalue weighted by Crippen LogP contribution is 2.32. The van der Waals surface area contributed by atoms with Gasteiger partial charge < -0.3 is 14.8 Å². The third kappa shape index (κ3) is 2.99. The van der Waals surface area contributed by atoms with Gasteiger partial charge in [-0.25, -0.2) is 4.68 Å². The number of nitrogens with one attached hydrogen (secondary N) is 1. The largest absolute Gasteiger partial charge is 0.486 e. The van der Waals surface area contributed by atoms with Crippen molar-refractivity contribution in [3.63, 3.8) is 0 Å². The lowest BCUT2D eigenvalue weighted by Gasteiger charge is -2.19. The van der Waals surface area contributed by atoms with Gasteiger partial charge in [0.05, 0.1) is 17.9 Å². The Kier molecular flexibility index (Phi) is 4.46. The SMILES string of the molecule is Cn1c(CNc2ccc3c(c2)OCCO3)c(Br)c(=O)n1-c1ccccc1. The van der Waals surface area contributed by atoms with Crippen LogP contribution < -0.4 is 20.3 Å². The minimum atomic E-state index is -0.0855. The predicted octanol–water partition coefficient (Wildman–Crippen LogP) is 3.32. The average molecular weight is 416 g/mol. The molecule has 2 heterocycles. The Morgan fingerprint density at radius 1 is 1.08 bits per heavy atom. The van der Waals surface area contributed by atoms with Gasteiger partial charge in [0.15, 0.2) is 11.5 Å². The first kappa shape index (κ1) is 16.8. The molecule has 0 radical (unpaired) electrons. The molecule has 6 nitrogen and oxygen atoms in total. The summed E-state index contributed by atoms with van der Waals surface area (Å²) in [6.45, 7) is 1.62. The second-order valence-electron chi connectivity index (χ2n) is 5.95. The fourth-order valence-corrected chi connectivity index (χ4v) is 3.57. The topological polar surface area (TPSA) is 57.4 Å². The van der Waals surface area contributed by atoms with Crippen LogP contribution in [0, 0.1) is 0 Å². The Labute approximate surface area is 159 Å². The van der Waals surface area contributed by atoms with Crippen LogP contribution in [0.15, 0.2) is 57.8 Å². The summed E-state index contributed by atoms with van der Waals surface area (Å²) in [7, 11) is 1.87. The third-order valence-electron chi connectivity index (χ3n) is 4.33. The summed E-state index contributed by atoms with van der Waals surface area (Å²) in [5.74, 6) is 1.49. The van der Waals surface area contributed by atoms with Crippen molar-refractivity contribution >= 4 is 21.6 Å². The second-order valence-corrected chi connectivity index (χ2v) is 6.74. The number of fused-ring (bicyclic) bond motifs is 1. The summed E-state index contributed by atoms with van der Waals surface area (Å²) in [6.07, 6.45) is 0.